The standard InChI is InChI=1S/C18H27N3O2/c1-12(2)21-10-14-5-4-6-15(11-21)18(14,23-3)13-7-8-20-16(9-13)17(19)22/h7-9,12,14-15H,4-6,10-11H2,1-3H3,(H2,19,22)/t14-,15+,18?. The molecule has 1 aliphatic heterocycles. The highest BCUT2D eigenvalue weighted by Gasteiger charge is 2.53. The van der Waals surface area contributed by atoms with Gasteiger partial charge in [0.2, 0.25) is 0 Å². The molecular formula is C18H27N3O2. The fourth-order valence-electron chi connectivity index (χ4n) is 4.62. The largest absolute Gasteiger partial charge is 0.373 e. The minimum absolute atomic E-state index is 0.322. The van der Waals surface area contributed by atoms with Crippen LogP contribution in [0.3, 0.4) is 0 Å². The molecule has 0 spiro atoms. The molecule has 0 radical (unpaired) electrons. The Morgan fingerprint density at radius 1 is 1.39 bits per heavy atom. The summed E-state index contributed by atoms with van der Waals surface area (Å²) < 4.78 is 6.19. The van der Waals surface area contributed by atoms with Crippen LogP contribution in [0.15, 0.2) is 18.3 Å². The number of rotatable bonds is 4. The van der Waals surface area contributed by atoms with Crippen molar-refractivity contribution in [1.82, 2.24) is 9.88 Å². The van der Waals surface area contributed by atoms with Gasteiger partial charge in [0.1, 0.15) is 11.3 Å². The van der Waals surface area contributed by atoms with Gasteiger partial charge in [-0.25, -0.2) is 0 Å². The molecule has 2 fully saturated rings. The molecule has 2 heterocycles. The molecule has 5 heteroatoms. The zero-order valence-electron chi connectivity index (χ0n) is 14.3. The zero-order chi connectivity index (χ0) is 16.6. The molecule has 1 aromatic rings. The summed E-state index contributed by atoms with van der Waals surface area (Å²) in [7, 11) is 1.81. The Kier molecular flexibility index (Phi) is 4.43. The van der Waals surface area contributed by atoms with Gasteiger partial charge in [-0.1, -0.05) is 6.42 Å². The van der Waals surface area contributed by atoms with Crippen molar-refractivity contribution in [3.8, 4) is 0 Å². The van der Waals surface area contributed by atoms with E-state index in [0.29, 0.717) is 23.6 Å². The van der Waals surface area contributed by atoms with Gasteiger partial charge in [-0.05, 0) is 44.4 Å². The maximum absolute atomic E-state index is 11.5. The molecule has 2 aliphatic rings. The molecule has 3 atom stereocenters. The van der Waals surface area contributed by atoms with Crippen molar-refractivity contribution in [2.45, 2.75) is 44.8 Å². The number of ether oxygens (including phenoxy) is 1. The van der Waals surface area contributed by atoms with Crippen molar-refractivity contribution < 1.29 is 9.53 Å². The minimum atomic E-state index is -0.483. The first-order valence-corrected chi connectivity index (χ1v) is 8.54. The van der Waals surface area contributed by atoms with Gasteiger partial charge in [-0.3, -0.25) is 9.78 Å². The summed E-state index contributed by atoms with van der Waals surface area (Å²) in [5.41, 5.74) is 6.48. The van der Waals surface area contributed by atoms with Crippen LogP contribution in [-0.2, 0) is 10.3 Å². The summed E-state index contributed by atoms with van der Waals surface area (Å²) in [5, 5.41) is 0. The second kappa shape index (κ2) is 6.21. The Labute approximate surface area is 138 Å². The second-order valence-electron chi connectivity index (χ2n) is 7.16. The molecule has 1 unspecified atom stereocenters. The molecule has 126 valence electrons. The number of hydrogen-bond acceptors (Lipinski definition) is 4. The fraction of sp³-hybridized carbons (Fsp3) is 0.667. The Hall–Kier alpha value is -1.46. The third-order valence-corrected chi connectivity index (χ3v) is 5.76. The van der Waals surface area contributed by atoms with Gasteiger partial charge in [-0.2, -0.15) is 0 Å². The van der Waals surface area contributed by atoms with E-state index in [2.05, 4.69) is 23.7 Å². The number of likely N-dealkylation sites (tertiary alicyclic amines) is 1. The molecule has 2 N–H and O–H groups in total. The number of amides is 1. The van der Waals surface area contributed by atoms with Gasteiger partial charge in [0.05, 0.1) is 0 Å². The third kappa shape index (κ3) is 2.66. The summed E-state index contributed by atoms with van der Waals surface area (Å²) in [5.74, 6) is 0.388. The van der Waals surface area contributed by atoms with E-state index in [1.807, 2.05) is 12.1 Å². The summed E-state index contributed by atoms with van der Waals surface area (Å²) in [4.78, 5) is 18.2. The molecule has 1 saturated carbocycles. The Morgan fingerprint density at radius 3 is 2.57 bits per heavy atom. The van der Waals surface area contributed by atoms with Crippen molar-refractivity contribution in [3.05, 3.63) is 29.6 Å². The predicted octanol–water partition coefficient (Wildman–Crippen LogP) is 2.16. The van der Waals surface area contributed by atoms with Crippen LogP contribution in [0, 0.1) is 11.8 Å². The van der Waals surface area contributed by atoms with Crippen LogP contribution in [-0.4, -0.2) is 42.0 Å². The van der Waals surface area contributed by atoms with E-state index in [1.165, 1.54) is 6.42 Å². The van der Waals surface area contributed by atoms with Gasteiger partial charge in [0, 0.05) is 44.3 Å². The van der Waals surface area contributed by atoms with Crippen LogP contribution in [0.1, 0.15) is 49.2 Å². The second-order valence-corrected chi connectivity index (χ2v) is 7.16. The van der Waals surface area contributed by atoms with Crippen LogP contribution in [0.2, 0.25) is 0 Å². The van der Waals surface area contributed by atoms with Crippen LogP contribution < -0.4 is 5.73 Å². The van der Waals surface area contributed by atoms with E-state index < -0.39 is 5.91 Å². The van der Waals surface area contributed by atoms with Gasteiger partial charge in [0.25, 0.3) is 5.91 Å². The van der Waals surface area contributed by atoms with Gasteiger partial charge in [-0.15, -0.1) is 0 Å². The number of primary amides is 1. The van der Waals surface area contributed by atoms with Crippen LogP contribution in [0.4, 0.5) is 0 Å². The topological polar surface area (TPSA) is 68.5 Å². The first-order chi connectivity index (χ1) is 11.0. The molecule has 1 aliphatic carbocycles. The number of nitrogens with two attached hydrogens (primary N) is 1. The lowest BCUT2D eigenvalue weighted by Crippen LogP contribution is -2.60. The molecule has 2 bridgehead atoms. The highest BCUT2D eigenvalue weighted by molar-refractivity contribution is 5.90. The fourth-order valence-corrected chi connectivity index (χ4v) is 4.62. The summed E-state index contributed by atoms with van der Waals surface area (Å²) in [6, 6.07) is 4.38. The van der Waals surface area contributed by atoms with Gasteiger partial charge in [0.15, 0.2) is 0 Å². The number of nitrogens with zero attached hydrogens (tertiary/aromatic N) is 2. The van der Waals surface area contributed by atoms with Crippen LogP contribution in [0.5, 0.6) is 0 Å². The first-order valence-electron chi connectivity index (χ1n) is 8.54. The number of carbonyl (C=O) groups excluding carboxylic acids is 1. The minimum Gasteiger partial charge on any atom is -0.373 e. The van der Waals surface area contributed by atoms with Crippen molar-refractivity contribution in [2.24, 2.45) is 17.6 Å². The first kappa shape index (κ1) is 16.4. The quantitative estimate of drug-likeness (QED) is 0.924. The molecule has 5 nitrogen and oxygen atoms in total. The molecular weight excluding hydrogens is 290 g/mol. The average molecular weight is 317 g/mol. The van der Waals surface area contributed by atoms with E-state index in [-0.39, 0.29) is 5.60 Å². The van der Waals surface area contributed by atoms with Gasteiger partial charge >= 0.3 is 0 Å². The van der Waals surface area contributed by atoms with E-state index in [4.69, 9.17) is 10.5 Å². The Bertz CT molecular complexity index is 573. The average Bonchev–Trinajstić information content (AvgIpc) is 2.53. The normalized spacial score (nSPS) is 31.3. The zero-order valence-corrected chi connectivity index (χ0v) is 14.3. The van der Waals surface area contributed by atoms with Gasteiger partial charge < -0.3 is 15.4 Å². The molecule has 1 aromatic heterocycles. The maximum atomic E-state index is 11.5. The Morgan fingerprint density at radius 2 is 2.04 bits per heavy atom. The summed E-state index contributed by atoms with van der Waals surface area (Å²) >= 11 is 0. The number of carbonyl (C=O) groups is 1. The van der Waals surface area contributed by atoms with Crippen molar-refractivity contribution in [2.75, 3.05) is 20.2 Å². The molecule has 0 aromatic carbocycles. The van der Waals surface area contributed by atoms with E-state index in [0.717, 1.165) is 31.5 Å². The smallest absolute Gasteiger partial charge is 0.267 e. The third-order valence-electron chi connectivity index (χ3n) is 5.76. The number of pyridine rings is 1. The number of fused-ring (bicyclic) bond motifs is 2. The maximum Gasteiger partial charge on any atom is 0.267 e. The summed E-state index contributed by atoms with van der Waals surface area (Å²) in [6.45, 7) is 6.59. The lowest BCUT2D eigenvalue weighted by molar-refractivity contribution is -0.172. The molecule has 1 amide bonds. The van der Waals surface area contributed by atoms with E-state index in [1.54, 1.807) is 13.3 Å². The van der Waals surface area contributed by atoms with Crippen molar-refractivity contribution in [3.63, 3.8) is 0 Å². The van der Waals surface area contributed by atoms with E-state index in [9.17, 15) is 4.79 Å². The SMILES string of the molecule is COC1(c2ccnc(C(N)=O)c2)[C@@H]2CCC[C@H]1CN(C(C)C)C2. The Balaban J connectivity index is 2.03. The lowest BCUT2D eigenvalue weighted by Gasteiger charge is -2.56. The van der Waals surface area contributed by atoms with E-state index >= 15 is 0 Å². The number of aromatic nitrogens is 1. The van der Waals surface area contributed by atoms with Crippen LogP contribution in [0.25, 0.3) is 0 Å². The monoisotopic (exact) mass is 317 g/mol. The highest BCUT2D eigenvalue weighted by atomic mass is 16.5. The van der Waals surface area contributed by atoms with Crippen LogP contribution >= 0.6 is 0 Å². The lowest BCUT2D eigenvalue weighted by atomic mass is 9.62. The van der Waals surface area contributed by atoms with Crippen molar-refractivity contribution in [1.29, 1.82) is 0 Å². The van der Waals surface area contributed by atoms with Crippen molar-refractivity contribution >= 4 is 5.91 Å². The predicted molar refractivity (Wildman–Crippen MR) is 89.0 cm³/mol. The molecule has 3 rings (SSSR count). The number of hydrogen-bond donors (Lipinski definition) is 1. The molecule has 1 saturated heterocycles. The number of methoxy groups -OCH3 is 1. The molecule has 23 heavy (non-hydrogen) atoms. The number of piperidine rings is 1. The summed E-state index contributed by atoms with van der Waals surface area (Å²) in [6.07, 6.45) is 5.24. The highest BCUT2D eigenvalue weighted by Crippen LogP contribution is 2.51.